The van der Waals surface area contributed by atoms with Gasteiger partial charge in [-0.3, -0.25) is 18.8 Å². The predicted octanol–water partition coefficient (Wildman–Crippen LogP) is 2.40. The SMILES string of the molecule is CCn1nc(C)c(-c2cc(C(=O)NCCn3ccc(C)n3)c3cnn(C)c3n2)c1C. The Kier molecular flexibility index (Phi) is 5.11. The molecule has 4 rings (SSSR count). The molecule has 4 aromatic rings. The number of fused-ring (bicyclic) bond motifs is 1. The van der Waals surface area contributed by atoms with Crippen LogP contribution in [0.1, 0.15) is 34.4 Å². The maximum absolute atomic E-state index is 13.1. The monoisotopic (exact) mass is 406 g/mol. The zero-order chi connectivity index (χ0) is 21.4. The van der Waals surface area contributed by atoms with Crippen LogP contribution in [0.2, 0.25) is 0 Å². The second-order valence-electron chi connectivity index (χ2n) is 7.40. The van der Waals surface area contributed by atoms with Crippen LogP contribution in [0.15, 0.2) is 24.5 Å². The molecule has 0 radical (unpaired) electrons. The molecule has 0 aliphatic rings. The Hall–Kier alpha value is -3.49. The summed E-state index contributed by atoms with van der Waals surface area (Å²) < 4.78 is 5.46. The van der Waals surface area contributed by atoms with Gasteiger partial charge >= 0.3 is 0 Å². The van der Waals surface area contributed by atoms with Crippen LogP contribution in [0, 0.1) is 20.8 Å². The first-order chi connectivity index (χ1) is 14.4. The normalized spacial score (nSPS) is 11.4. The molecule has 0 atom stereocenters. The van der Waals surface area contributed by atoms with E-state index in [1.165, 1.54) is 0 Å². The molecule has 9 nitrogen and oxygen atoms in total. The molecule has 156 valence electrons. The smallest absolute Gasteiger partial charge is 0.252 e. The van der Waals surface area contributed by atoms with Crippen LogP contribution in [0.25, 0.3) is 22.3 Å². The first-order valence-corrected chi connectivity index (χ1v) is 10.0. The molecule has 0 unspecified atom stereocenters. The second kappa shape index (κ2) is 7.74. The number of nitrogens with one attached hydrogen (secondary N) is 1. The van der Waals surface area contributed by atoms with Gasteiger partial charge in [0.05, 0.1) is 40.8 Å². The fourth-order valence-corrected chi connectivity index (χ4v) is 3.77. The Morgan fingerprint density at radius 1 is 1.20 bits per heavy atom. The highest BCUT2D eigenvalue weighted by molar-refractivity contribution is 6.06. The van der Waals surface area contributed by atoms with Gasteiger partial charge in [-0.05, 0) is 39.8 Å². The molecule has 0 bridgehead atoms. The van der Waals surface area contributed by atoms with Crippen molar-refractivity contribution in [3.63, 3.8) is 0 Å². The van der Waals surface area contributed by atoms with Crippen molar-refractivity contribution in [3.8, 4) is 11.3 Å². The minimum atomic E-state index is -0.154. The van der Waals surface area contributed by atoms with E-state index in [0.29, 0.717) is 24.3 Å². The Morgan fingerprint density at radius 3 is 2.67 bits per heavy atom. The molecule has 9 heteroatoms. The Morgan fingerprint density at radius 2 is 2.00 bits per heavy atom. The highest BCUT2D eigenvalue weighted by Crippen LogP contribution is 2.29. The number of rotatable bonds is 6. The summed E-state index contributed by atoms with van der Waals surface area (Å²) in [6.45, 7) is 9.86. The molecule has 0 aliphatic heterocycles. The Balaban J connectivity index is 1.69. The average Bonchev–Trinajstić information content (AvgIpc) is 3.38. The van der Waals surface area contributed by atoms with E-state index in [4.69, 9.17) is 4.98 Å². The van der Waals surface area contributed by atoms with E-state index in [0.717, 1.165) is 40.3 Å². The van der Waals surface area contributed by atoms with Gasteiger partial charge in [-0.2, -0.15) is 15.3 Å². The first-order valence-electron chi connectivity index (χ1n) is 10.0. The molecule has 4 aromatic heterocycles. The van der Waals surface area contributed by atoms with Gasteiger partial charge in [0.15, 0.2) is 5.65 Å². The highest BCUT2D eigenvalue weighted by Gasteiger charge is 2.20. The molecule has 4 heterocycles. The zero-order valence-electron chi connectivity index (χ0n) is 18.0. The lowest BCUT2D eigenvalue weighted by atomic mass is 10.0. The molecule has 0 saturated heterocycles. The molecule has 30 heavy (non-hydrogen) atoms. The van der Waals surface area contributed by atoms with Gasteiger partial charge in [0, 0.05) is 37.6 Å². The molecule has 1 N–H and O–H groups in total. The number of pyridine rings is 1. The van der Waals surface area contributed by atoms with Gasteiger partial charge in [-0.25, -0.2) is 4.98 Å². The summed E-state index contributed by atoms with van der Waals surface area (Å²) in [7, 11) is 1.83. The van der Waals surface area contributed by atoms with Crippen LogP contribution < -0.4 is 5.32 Å². The number of carbonyl (C=O) groups is 1. The fraction of sp³-hybridized carbons (Fsp3) is 0.381. The Bertz CT molecular complexity index is 1230. The third-order valence-corrected chi connectivity index (χ3v) is 5.29. The summed E-state index contributed by atoms with van der Waals surface area (Å²) in [6.07, 6.45) is 3.59. The topological polar surface area (TPSA) is 95.5 Å². The van der Waals surface area contributed by atoms with Crippen molar-refractivity contribution in [1.82, 2.24) is 39.6 Å². The number of amides is 1. The number of aryl methyl sites for hydroxylation is 4. The summed E-state index contributed by atoms with van der Waals surface area (Å²) in [4.78, 5) is 17.9. The maximum Gasteiger partial charge on any atom is 0.252 e. The van der Waals surface area contributed by atoms with Crippen molar-refractivity contribution < 1.29 is 4.79 Å². The second-order valence-corrected chi connectivity index (χ2v) is 7.40. The largest absolute Gasteiger partial charge is 0.350 e. The van der Waals surface area contributed by atoms with E-state index in [1.807, 2.05) is 55.5 Å². The minimum absolute atomic E-state index is 0.154. The summed E-state index contributed by atoms with van der Waals surface area (Å²) in [5.41, 5.74) is 5.80. The summed E-state index contributed by atoms with van der Waals surface area (Å²) in [5.74, 6) is -0.154. The third kappa shape index (κ3) is 3.47. The lowest BCUT2D eigenvalue weighted by Gasteiger charge is -2.10. The van der Waals surface area contributed by atoms with Crippen LogP contribution in [-0.4, -0.2) is 46.8 Å². The van der Waals surface area contributed by atoms with Gasteiger partial charge in [0.1, 0.15) is 0 Å². The van der Waals surface area contributed by atoms with E-state index in [1.54, 1.807) is 10.9 Å². The van der Waals surface area contributed by atoms with E-state index in [9.17, 15) is 4.79 Å². The van der Waals surface area contributed by atoms with Crippen molar-refractivity contribution in [2.24, 2.45) is 7.05 Å². The molecular weight excluding hydrogens is 380 g/mol. The molecule has 0 fully saturated rings. The van der Waals surface area contributed by atoms with Gasteiger partial charge in [0.2, 0.25) is 0 Å². The van der Waals surface area contributed by atoms with Gasteiger partial charge in [0.25, 0.3) is 5.91 Å². The first kappa shape index (κ1) is 19.8. The van der Waals surface area contributed by atoms with E-state index >= 15 is 0 Å². The van der Waals surface area contributed by atoms with E-state index < -0.39 is 0 Å². The van der Waals surface area contributed by atoms with Crippen LogP contribution >= 0.6 is 0 Å². The van der Waals surface area contributed by atoms with Gasteiger partial charge < -0.3 is 5.32 Å². The van der Waals surface area contributed by atoms with Crippen LogP contribution in [0.5, 0.6) is 0 Å². The van der Waals surface area contributed by atoms with E-state index in [2.05, 4.69) is 27.5 Å². The lowest BCUT2D eigenvalue weighted by Crippen LogP contribution is -2.27. The summed E-state index contributed by atoms with van der Waals surface area (Å²) in [6, 6.07) is 3.78. The zero-order valence-corrected chi connectivity index (χ0v) is 18.0. The highest BCUT2D eigenvalue weighted by atomic mass is 16.1. The van der Waals surface area contributed by atoms with Crippen molar-refractivity contribution in [2.75, 3.05) is 6.54 Å². The minimum Gasteiger partial charge on any atom is -0.350 e. The summed E-state index contributed by atoms with van der Waals surface area (Å²) >= 11 is 0. The van der Waals surface area contributed by atoms with Crippen molar-refractivity contribution >= 4 is 16.9 Å². The van der Waals surface area contributed by atoms with Gasteiger partial charge in [-0.1, -0.05) is 0 Å². The number of nitrogens with zero attached hydrogens (tertiary/aromatic N) is 7. The number of hydrogen-bond acceptors (Lipinski definition) is 5. The summed E-state index contributed by atoms with van der Waals surface area (Å²) in [5, 5.41) is 17.0. The van der Waals surface area contributed by atoms with Crippen molar-refractivity contribution in [2.45, 2.75) is 40.8 Å². The molecule has 0 saturated carbocycles. The standard InChI is InChI=1S/C21H26N8O/c1-6-29-15(4)19(14(3)26-29)18-11-16(17-12-23-27(5)20(17)24-18)21(30)22-8-10-28-9-7-13(2)25-28/h7,9,11-12H,6,8,10H2,1-5H3,(H,22,30). The third-order valence-electron chi connectivity index (χ3n) is 5.29. The van der Waals surface area contributed by atoms with Crippen molar-refractivity contribution in [3.05, 3.63) is 47.2 Å². The molecular formula is C21H26N8O. The number of carbonyl (C=O) groups excluding carboxylic acids is 1. The molecule has 0 spiro atoms. The molecule has 0 aromatic carbocycles. The Labute approximate surface area is 174 Å². The number of hydrogen-bond donors (Lipinski definition) is 1. The molecule has 0 aliphatic carbocycles. The van der Waals surface area contributed by atoms with Crippen molar-refractivity contribution in [1.29, 1.82) is 0 Å². The predicted molar refractivity (Wildman–Crippen MR) is 114 cm³/mol. The van der Waals surface area contributed by atoms with E-state index in [-0.39, 0.29) is 5.91 Å². The van der Waals surface area contributed by atoms with Crippen LogP contribution in [-0.2, 0) is 20.1 Å². The van der Waals surface area contributed by atoms with Crippen LogP contribution in [0.4, 0.5) is 0 Å². The average molecular weight is 406 g/mol. The fourth-order valence-electron chi connectivity index (χ4n) is 3.77. The maximum atomic E-state index is 13.1. The quantitative estimate of drug-likeness (QED) is 0.530. The van der Waals surface area contributed by atoms with Crippen LogP contribution in [0.3, 0.4) is 0 Å². The molecule has 1 amide bonds. The number of aromatic nitrogens is 7. The van der Waals surface area contributed by atoms with Gasteiger partial charge in [-0.15, -0.1) is 0 Å². The lowest BCUT2D eigenvalue weighted by molar-refractivity contribution is 0.0953.